The number of para-hydroxylation sites is 1. The first-order valence-corrected chi connectivity index (χ1v) is 7.12. The highest BCUT2D eigenvalue weighted by Gasteiger charge is 2.00. The van der Waals surface area contributed by atoms with Crippen molar-refractivity contribution in [3.05, 3.63) is 71.8 Å². The first kappa shape index (κ1) is 13.5. The lowest BCUT2D eigenvalue weighted by molar-refractivity contribution is 0.415. The van der Waals surface area contributed by atoms with Crippen LogP contribution < -0.4 is 10.1 Å². The molecule has 1 N–H and O–H groups in total. The number of anilines is 1. The van der Waals surface area contributed by atoms with Crippen LogP contribution in [-0.2, 0) is 6.54 Å². The minimum absolute atomic E-state index is 0.826. The fourth-order valence-corrected chi connectivity index (χ4v) is 2.48. The number of aryl methyl sites for hydroxylation is 1. The predicted molar refractivity (Wildman–Crippen MR) is 89.0 cm³/mol. The Hall–Kier alpha value is -2.48. The number of benzene rings is 3. The summed E-state index contributed by atoms with van der Waals surface area (Å²) in [5.74, 6) is 0.897. The highest BCUT2D eigenvalue weighted by molar-refractivity contribution is 5.84. The summed E-state index contributed by atoms with van der Waals surface area (Å²) in [6.45, 7) is 2.95. The number of rotatable bonds is 4. The van der Waals surface area contributed by atoms with Crippen LogP contribution in [0.25, 0.3) is 10.8 Å². The Balaban J connectivity index is 1.80. The molecule has 0 aliphatic rings. The van der Waals surface area contributed by atoms with Crippen LogP contribution in [0, 0.1) is 6.92 Å². The third-order valence-corrected chi connectivity index (χ3v) is 3.74. The van der Waals surface area contributed by atoms with Crippen LogP contribution in [-0.4, -0.2) is 7.11 Å². The number of nitrogens with one attached hydrogen (secondary N) is 1. The summed E-state index contributed by atoms with van der Waals surface area (Å²) in [5, 5.41) is 5.93. The van der Waals surface area contributed by atoms with Crippen molar-refractivity contribution >= 4 is 16.5 Å². The third kappa shape index (κ3) is 3.00. The Morgan fingerprint density at radius 1 is 0.905 bits per heavy atom. The Morgan fingerprint density at radius 2 is 1.67 bits per heavy atom. The van der Waals surface area contributed by atoms with Gasteiger partial charge in [-0.1, -0.05) is 36.4 Å². The smallest absolute Gasteiger partial charge is 0.119 e. The molecule has 106 valence electrons. The van der Waals surface area contributed by atoms with E-state index in [9.17, 15) is 0 Å². The molecule has 0 saturated carbocycles. The van der Waals surface area contributed by atoms with Crippen molar-refractivity contribution in [2.45, 2.75) is 13.5 Å². The van der Waals surface area contributed by atoms with E-state index >= 15 is 0 Å². The second-order valence-electron chi connectivity index (χ2n) is 5.22. The van der Waals surface area contributed by atoms with Gasteiger partial charge >= 0.3 is 0 Å². The van der Waals surface area contributed by atoms with Gasteiger partial charge in [-0.2, -0.15) is 0 Å². The number of methoxy groups -OCH3 is 1. The Labute approximate surface area is 125 Å². The zero-order valence-electron chi connectivity index (χ0n) is 12.4. The molecule has 0 saturated heterocycles. The van der Waals surface area contributed by atoms with E-state index in [1.807, 2.05) is 6.07 Å². The third-order valence-electron chi connectivity index (χ3n) is 3.74. The summed E-state index contributed by atoms with van der Waals surface area (Å²) in [6.07, 6.45) is 0. The van der Waals surface area contributed by atoms with Crippen molar-refractivity contribution in [2.75, 3.05) is 12.4 Å². The molecule has 3 aromatic rings. The van der Waals surface area contributed by atoms with Gasteiger partial charge < -0.3 is 10.1 Å². The van der Waals surface area contributed by atoms with Gasteiger partial charge in [0.05, 0.1) is 7.11 Å². The highest BCUT2D eigenvalue weighted by Crippen LogP contribution is 2.22. The molecule has 0 spiro atoms. The monoisotopic (exact) mass is 277 g/mol. The molecule has 0 atom stereocenters. The van der Waals surface area contributed by atoms with Gasteiger partial charge in [-0.05, 0) is 53.1 Å². The molecule has 0 fully saturated rings. The molecule has 0 aromatic heterocycles. The average Bonchev–Trinajstić information content (AvgIpc) is 2.53. The van der Waals surface area contributed by atoms with E-state index in [2.05, 4.69) is 66.8 Å². The number of fused-ring (bicyclic) bond motifs is 1. The molecule has 21 heavy (non-hydrogen) atoms. The zero-order chi connectivity index (χ0) is 14.7. The van der Waals surface area contributed by atoms with Crippen molar-refractivity contribution in [1.29, 1.82) is 0 Å². The van der Waals surface area contributed by atoms with Gasteiger partial charge in [-0.3, -0.25) is 0 Å². The first-order chi connectivity index (χ1) is 10.3. The Morgan fingerprint density at radius 3 is 2.48 bits per heavy atom. The lowest BCUT2D eigenvalue weighted by Crippen LogP contribution is -2.00. The lowest BCUT2D eigenvalue weighted by atomic mass is 10.1. The number of hydrogen-bond acceptors (Lipinski definition) is 2. The number of hydrogen-bond donors (Lipinski definition) is 1. The fourth-order valence-electron chi connectivity index (χ4n) is 2.48. The van der Waals surface area contributed by atoms with Gasteiger partial charge in [-0.25, -0.2) is 0 Å². The maximum Gasteiger partial charge on any atom is 0.119 e. The van der Waals surface area contributed by atoms with Crippen LogP contribution in [0.5, 0.6) is 5.75 Å². The van der Waals surface area contributed by atoms with Gasteiger partial charge in [0.1, 0.15) is 5.75 Å². The van der Waals surface area contributed by atoms with E-state index < -0.39 is 0 Å². The first-order valence-electron chi connectivity index (χ1n) is 7.12. The number of ether oxygens (including phenoxy) is 1. The highest BCUT2D eigenvalue weighted by atomic mass is 16.5. The van der Waals surface area contributed by atoms with Gasteiger partial charge in [0.25, 0.3) is 0 Å². The quantitative estimate of drug-likeness (QED) is 0.741. The van der Waals surface area contributed by atoms with Crippen LogP contribution in [0.4, 0.5) is 5.69 Å². The summed E-state index contributed by atoms with van der Waals surface area (Å²) in [5.41, 5.74) is 3.73. The second-order valence-corrected chi connectivity index (χ2v) is 5.22. The molecule has 3 aromatic carbocycles. The van der Waals surface area contributed by atoms with Crippen molar-refractivity contribution < 1.29 is 4.74 Å². The molecule has 0 radical (unpaired) electrons. The summed E-state index contributed by atoms with van der Waals surface area (Å²) in [4.78, 5) is 0. The molecule has 0 aliphatic carbocycles. The van der Waals surface area contributed by atoms with Gasteiger partial charge in [0.15, 0.2) is 0 Å². The van der Waals surface area contributed by atoms with E-state index in [0.29, 0.717) is 0 Å². The molecular formula is C19H19NO. The van der Waals surface area contributed by atoms with E-state index in [1.165, 1.54) is 27.6 Å². The second kappa shape index (κ2) is 5.88. The molecule has 0 aliphatic heterocycles. The molecule has 3 rings (SSSR count). The normalized spacial score (nSPS) is 10.6. The average molecular weight is 277 g/mol. The molecule has 0 amide bonds. The zero-order valence-corrected chi connectivity index (χ0v) is 12.4. The van der Waals surface area contributed by atoms with Crippen LogP contribution in [0.3, 0.4) is 0 Å². The molecule has 2 nitrogen and oxygen atoms in total. The molecule has 0 unspecified atom stereocenters. The van der Waals surface area contributed by atoms with Gasteiger partial charge in [0.2, 0.25) is 0 Å². The summed E-state index contributed by atoms with van der Waals surface area (Å²) < 4.78 is 5.26. The standard InChI is InChI=1S/C19H19NO/c1-14-5-3-4-6-19(14)20-13-15-7-8-17-12-18(21-2)10-9-16(17)11-15/h3-12,20H,13H2,1-2H3. The van der Waals surface area contributed by atoms with Crippen molar-refractivity contribution in [3.63, 3.8) is 0 Å². The molecular weight excluding hydrogens is 258 g/mol. The van der Waals surface area contributed by atoms with E-state index in [1.54, 1.807) is 7.11 Å². The minimum atomic E-state index is 0.826. The maximum atomic E-state index is 5.26. The van der Waals surface area contributed by atoms with Gasteiger partial charge in [-0.15, -0.1) is 0 Å². The summed E-state index contributed by atoms with van der Waals surface area (Å²) in [7, 11) is 1.70. The van der Waals surface area contributed by atoms with Crippen LogP contribution >= 0.6 is 0 Å². The van der Waals surface area contributed by atoms with Crippen molar-refractivity contribution in [3.8, 4) is 5.75 Å². The summed E-state index contributed by atoms with van der Waals surface area (Å²) >= 11 is 0. The largest absolute Gasteiger partial charge is 0.497 e. The summed E-state index contributed by atoms with van der Waals surface area (Å²) in [6, 6.07) is 21.0. The van der Waals surface area contributed by atoms with Crippen molar-refractivity contribution in [2.24, 2.45) is 0 Å². The topological polar surface area (TPSA) is 21.3 Å². The van der Waals surface area contributed by atoms with Crippen molar-refractivity contribution in [1.82, 2.24) is 0 Å². The van der Waals surface area contributed by atoms with Gasteiger partial charge in [0, 0.05) is 12.2 Å². The van der Waals surface area contributed by atoms with E-state index in [0.717, 1.165) is 12.3 Å². The van der Waals surface area contributed by atoms with Crippen LogP contribution in [0.15, 0.2) is 60.7 Å². The lowest BCUT2D eigenvalue weighted by Gasteiger charge is -2.10. The van der Waals surface area contributed by atoms with E-state index in [-0.39, 0.29) is 0 Å². The van der Waals surface area contributed by atoms with Crippen LogP contribution in [0.1, 0.15) is 11.1 Å². The molecule has 2 heteroatoms. The van der Waals surface area contributed by atoms with Crippen LogP contribution in [0.2, 0.25) is 0 Å². The fraction of sp³-hybridized carbons (Fsp3) is 0.158. The minimum Gasteiger partial charge on any atom is -0.497 e. The Bertz CT molecular complexity index is 764. The predicted octanol–water partition coefficient (Wildman–Crippen LogP) is 4.77. The molecule has 0 bridgehead atoms. The van der Waals surface area contributed by atoms with E-state index in [4.69, 9.17) is 4.74 Å². The Kier molecular flexibility index (Phi) is 3.78. The molecule has 0 heterocycles. The SMILES string of the molecule is COc1ccc2cc(CNc3ccccc3C)ccc2c1. The maximum absolute atomic E-state index is 5.26.